The zero-order valence-corrected chi connectivity index (χ0v) is 18.6. The summed E-state index contributed by atoms with van der Waals surface area (Å²) in [6, 6.07) is 6.10. The molecule has 0 spiro atoms. The predicted octanol–water partition coefficient (Wildman–Crippen LogP) is 3.65. The Kier molecular flexibility index (Phi) is 8.96. The Labute approximate surface area is 170 Å². The molecule has 2 rings (SSSR count). The summed E-state index contributed by atoms with van der Waals surface area (Å²) in [4.78, 5) is 11.0. The molecule has 25 heavy (non-hydrogen) atoms. The molecule has 1 aromatic rings. The average molecular weight is 459 g/mol. The van der Waals surface area contributed by atoms with Crippen molar-refractivity contribution < 1.29 is 0 Å². The van der Waals surface area contributed by atoms with Crippen LogP contribution in [0.4, 0.5) is 5.82 Å². The van der Waals surface area contributed by atoms with Gasteiger partial charge in [-0.25, -0.2) is 4.98 Å². The van der Waals surface area contributed by atoms with Gasteiger partial charge in [0.2, 0.25) is 0 Å². The van der Waals surface area contributed by atoms with Crippen LogP contribution in [0.5, 0.6) is 0 Å². The highest BCUT2D eigenvalue weighted by Gasteiger charge is 2.37. The summed E-state index contributed by atoms with van der Waals surface area (Å²) in [5.74, 6) is 2.59. The van der Waals surface area contributed by atoms with E-state index >= 15 is 0 Å². The molecule has 0 aliphatic heterocycles. The number of nitrogens with one attached hydrogen (secondary N) is 2. The van der Waals surface area contributed by atoms with Crippen LogP contribution in [0.2, 0.25) is 0 Å². The van der Waals surface area contributed by atoms with Gasteiger partial charge < -0.3 is 15.5 Å². The van der Waals surface area contributed by atoms with Crippen LogP contribution in [0.3, 0.4) is 0 Å². The number of guanidine groups is 1. The summed E-state index contributed by atoms with van der Waals surface area (Å²) in [7, 11) is 5.84. The van der Waals surface area contributed by atoms with E-state index in [0.717, 1.165) is 29.9 Å². The van der Waals surface area contributed by atoms with Crippen LogP contribution in [-0.4, -0.2) is 38.6 Å². The Hall–Kier alpha value is -1.05. The van der Waals surface area contributed by atoms with Crippen molar-refractivity contribution in [2.75, 3.05) is 32.6 Å². The number of hydrogen-bond donors (Lipinski definition) is 2. The number of hydrogen-bond acceptors (Lipinski definition) is 3. The molecule has 2 N–H and O–H groups in total. The molecule has 5 nitrogen and oxygen atoms in total. The highest BCUT2D eigenvalue weighted by Crippen LogP contribution is 2.45. The summed E-state index contributed by atoms with van der Waals surface area (Å²) in [5, 5.41) is 6.91. The van der Waals surface area contributed by atoms with Gasteiger partial charge in [0.15, 0.2) is 5.96 Å². The first-order valence-corrected chi connectivity index (χ1v) is 9.02. The molecule has 1 fully saturated rings. The first kappa shape index (κ1) is 22.0. The first-order valence-electron chi connectivity index (χ1n) is 9.02. The van der Waals surface area contributed by atoms with E-state index in [1.165, 1.54) is 25.7 Å². The molecule has 0 radical (unpaired) electrons. The lowest BCUT2D eigenvalue weighted by Crippen LogP contribution is -2.46. The van der Waals surface area contributed by atoms with Gasteiger partial charge in [-0.3, -0.25) is 4.99 Å². The lowest BCUT2D eigenvalue weighted by Gasteiger charge is -2.43. The molecule has 0 bridgehead atoms. The number of aliphatic imine (C=N–C) groups is 1. The standard InChI is InChI=1S/C19H33N5.HI/c1-15(2)12-19(10-7-11-19)14-22-18(20-3)21-13-16-8-6-9-17(23-16)24(4)5;/h6,8-9,15H,7,10-14H2,1-5H3,(H2,20,21,22);1H. The minimum atomic E-state index is 0. The van der Waals surface area contributed by atoms with Crippen LogP contribution in [-0.2, 0) is 6.54 Å². The molecule has 0 saturated heterocycles. The second-order valence-electron chi connectivity index (χ2n) is 7.61. The fraction of sp³-hybridized carbons (Fsp3) is 0.684. The van der Waals surface area contributed by atoms with Gasteiger partial charge in [0.05, 0.1) is 12.2 Å². The van der Waals surface area contributed by atoms with Gasteiger partial charge in [0, 0.05) is 27.7 Å². The molecule has 6 heteroatoms. The summed E-state index contributed by atoms with van der Waals surface area (Å²) < 4.78 is 0. The second kappa shape index (κ2) is 10.2. The summed E-state index contributed by atoms with van der Waals surface area (Å²) in [6.45, 7) is 6.32. The highest BCUT2D eigenvalue weighted by atomic mass is 127. The molecule has 0 unspecified atom stereocenters. The third-order valence-corrected chi connectivity index (χ3v) is 4.80. The molecule has 0 amide bonds. The van der Waals surface area contributed by atoms with Gasteiger partial charge in [-0.05, 0) is 42.7 Å². The fourth-order valence-corrected chi connectivity index (χ4v) is 3.48. The second-order valence-corrected chi connectivity index (χ2v) is 7.61. The molecular weight excluding hydrogens is 425 g/mol. The minimum Gasteiger partial charge on any atom is -0.363 e. The van der Waals surface area contributed by atoms with Gasteiger partial charge in [0.1, 0.15) is 5.82 Å². The Bertz CT molecular complexity index is 553. The van der Waals surface area contributed by atoms with Crippen molar-refractivity contribution in [3.05, 3.63) is 23.9 Å². The van der Waals surface area contributed by atoms with Crippen molar-refractivity contribution in [3.8, 4) is 0 Å². The number of halogens is 1. The van der Waals surface area contributed by atoms with Crippen molar-refractivity contribution in [1.29, 1.82) is 0 Å². The maximum Gasteiger partial charge on any atom is 0.191 e. The number of anilines is 1. The molecule has 0 atom stereocenters. The van der Waals surface area contributed by atoms with E-state index in [0.29, 0.717) is 12.0 Å². The number of aromatic nitrogens is 1. The Balaban J connectivity index is 0.00000312. The average Bonchev–Trinajstić information content (AvgIpc) is 2.52. The number of pyridine rings is 1. The van der Waals surface area contributed by atoms with E-state index < -0.39 is 0 Å². The molecule has 1 aliphatic rings. The molecular formula is C19H34IN5. The van der Waals surface area contributed by atoms with Gasteiger partial charge in [-0.15, -0.1) is 24.0 Å². The molecule has 1 aromatic heterocycles. The Morgan fingerprint density at radius 1 is 1.28 bits per heavy atom. The van der Waals surface area contributed by atoms with Gasteiger partial charge >= 0.3 is 0 Å². The molecule has 1 aliphatic carbocycles. The van der Waals surface area contributed by atoms with Crippen LogP contribution in [0.25, 0.3) is 0 Å². The van der Waals surface area contributed by atoms with E-state index in [-0.39, 0.29) is 24.0 Å². The molecule has 0 aromatic carbocycles. The van der Waals surface area contributed by atoms with Crippen LogP contribution in [0.15, 0.2) is 23.2 Å². The lowest BCUT2D eigenvalue weighted by molar-refractivity contribution is 0.104. The van der Waals surface area contributed by atoms with Crippen molar-refractivity contribution in [2.24, 2.45) is 16.3 Å². The predicted molar refractivity (Wildman–Crippen MR) is 118 cm³/mol. The lowest BCUT2D eigenvalue weighted by atomic mass is 9.64. The van der Waals surface area contributed by atoms with E-state index in [1.54, 1.807) is 0 Å². The topological polar surface area (TPSA) is 52.6 Å². The van der Waals surface area contributed by atoms with E-state index in [4.69, 9.17) is 0 Å². The van der Waals surface area contributed by atoms with E-state index in [9.17, 15) is 0 Å². The highest BCUT2D eigenvalue weighted by molar-refractivity contribution is 14.0. The summed E-state index contributed by atoms with van der Waals surface area (Å²) in [6.07, 6.45) is 5.33. The molecule has 142 valence electrons. The van der Waals surface area contributed by atoms with Crippen molar-refractivity contribution >= 4 is 35.8 Å². The third-order valence-electron chi connectivity index (χ3n) is 4.80. The SMILES string of the molecule is CN=C(NCc1cccc(N(C)C)n1)NCC1(CC(C)C)CCC1.I. The van der Waals surface area contributed by atoms with Crippen LogP contribution >= 0.6 is 24.0 Å². The van der Waals surface area contributed by atoms with E-state index in [1.807, 2.05) is 44.2 Å². The third kappa shape index (κ3) is 6.64. The number of nitrogens with zero attached hydrogens (tertiary/aromatic N) is 3. The van der Waals surface area contributed by atoms with Gasteiger partial charge in [0.25, 0.3) is 0 Å². The molecule has 1 heterocycles. The van der Waals surface area contributed by atoms with Crippen molar-refractivity contribution in [3.63, 3.8) is 0 Å². The van der Waals surface area contributed by atoms with E-state index in [2.05, 4.69) is 34.5 Å². The number of rotatable bonds is 7. The largest absolute Gasteiger partial charge is 0.363 e. The van der Waals surface area contributed by atoms with Crippen LogP contribution in [0.1, 0.15) is 45.2 Å². The van der Waals surface area contributed by atoms with Crippen molar-refractivity contribution in [2.45, 2.75) is 46.1 Å². The monoisotopic (exact) mass is 459 g/mol. The minimum absolute atomic E-state index is 0. The maximum absolute atomic E-state index is 4.63. The Morgan fingerprint density at radius 2 is 2.00 bits per heavy atom. The zero-order chi connectivity index (χ0) is 17.6. The Morgan fingerprint density at radius 3 is 2.52 bits per heavy atom. The van der Waals surface area contributed by atoms with Crippen LogP contribution < -0.4 is 15.5 Å². The molecule has 1 saturated carbocycles. The first-order chi connectivity index (χ1) is 11.4. The fourth-order valence-electron chi connectivity index (χ4n) is 3.48. The van der Waals surface area contributed by atoms with Gasteiger partial charge in [-0.1, -0.05) is 26.3 Å². The zero-order valence-electron chi connectivity index (χ0n) is 16.3. The smallest absolute Gasteiger partial charge is 0.191 e. The van der Waals surface area contributed by atoms with Crippen molar-refractivity contribution in [1.82, 2.24) is 15.6 Å². The summed E-state index contributed by atoms with van der Waals surface area (Å²) >= 11 is 0. The van der Waals surface area contributed by atoms with Crippen LogP contribution in [0, 0.1) is 11.3 Å². The summed E-state index contributed by atoms with van der Waals surface area (Å²) in [5.41, 5.74) is 1.49. The maximum atomic E-state index is 4.63. The quantitative estimate of drug-likeness (QED) is 0.372. The van der Waals surface area contributed by atoms with Gasteiger partial charge in [-0.2, -0.15) is 0 Å². The normalized spacial score (nSPS) is 16.0.